The summed E-state index contributed by atoms with van der Waals surface area (Å²) in [6.45, 7) is 0. The van der Waals surface area contributed by atoms with E-state index in [-0.39, 0.29) is 5.38 Å². The van der Waals surface area contributed by atoms with E-state index in [1.807, 2.05) is 0 Å². The second kappa shape index (κ2) is 4.32. The molecule has 0 spiro atoms. The van der Waals surface area contributed by atoms with E-state index in [0.717, 1.165) is 6.42 Å². The van der Waals surface area contributed by atoms with Gasteiger partial charge in [-0.25, -0.2) is 0 Å². The van der Waals surface area contributed by atoms with Crippen molar-refractivity contribution in [3.05, 3.63) is 42.5 Å². The van der Waals surface area contributed by atoms with Gasteiger partial charge in [0, 0.05) is 0 Å². The van der Waals surface area contributed by atoms with Crippen LogP contribution in [0.3, 0.4) is 0 Å². The molecule has 1 aliphatic rings. The molecule has 2 heteroatoms. The van der Waals surface area contributed by atoms with Crippen LogP contribution >= 0.6 is 11.6 Å². The van der Waals surface area contributed by atoms with Crippen molar-refractivity contribution in [2.24, 2.45) is 0 Å². The first-order valence-corrected chi connectivity index (χ1v) is 6.67. The summed E-state index contributed by atoms with van der Waals surface area (Å²) in [6.07, 6.45) is 5.51. The number of rotatable bonds is 2. The number of benzene rings is 1. The summed E-state index contributed by atoms with van der Waals surface area (Å²) in [6, 6.07) is 10.7. The van der Waals surface area contributed by atoms with Gasteiger partial charge < -0.3 is 0 Å². The SMILES string of the molecule is Cl[C@@H]1C=C[C@@H]([Se]c2ccccc2)C1. The molecule has 0 saturated carbocycles. The summed E-state index contributed by atoms with van der Waals surface area (Å²) in [5, 5.41) is 0.274. The number of allylic oxidation sites excluding steroid dienone is 2. The molecule has 0 heterocycles. The van der Waals surface area contributed by atoms with E-state index < -0.39 is 0 Å². The van der Waals surface area contributed by atoms with Gasteiger partial charge in [-0.05, 0) is 0 Å². The van der Waals surface area contributed by atoms with Gasteiger partial charge in [0.2, 0.25) is 0 Å². The number of hydrogen-bond donors (Lipinski definition) is 0. The standard InChI is InChI=1S/C11H11ClSe/c12-9-6-7-11(8-9)13-10-4-2-1-3-5-10/h1-7,9,11H,8H2/t9-,11-/m1/s1. The van der Waals surface area contributed by atoms with Crippen molar-refractivity contribution < 1.29 is 0 Å². The van der Waals surface area contributed by atoms with Gasteiger partial charge >= 0.3 is 90.1 Å². The fourth-order valence-corrected chi connectivity index (χ4v) is 4.29. The molecule has 1 aromatic carbocycles. The summed E-state index contributed by atoms with van der Waals surface area (Å²) in [4.78, 5) is 0.706. The minimum atomic E-state index is 0.274. The van der Waals surface area contributed by atoms with E-state index in [2.05, 4.69) is 42.5 Å². The molecule has 0 radical (unpaired) electrons. The van der Waals surface area contributed by atoms with Crippen molar-refractivity contribution in [3.63, 3.8) is 0 Å². The predicted molar refractivity (Wildman–Crippen MR) is 59.0 cm³/mol. The van der Waals surface area contributed by atoms with Crippen LogP contribution in [0.25, 0.3) is 0 Å². The summed E-state index contributed by atoms with van der Waals surface area (Å²) < 4.78 is 1.47. The summed E-state index contributed by atoms with van der Waals surface area (Å²) in [5.41, 5.74) is 0. The van der Waals surface area contributed by atoms with Crippen LogP contribution < -0.4 is 4.46 Å². The normalized spacial score (nSPS) is 26.5. The van der Waals surface area contributed by atoms with Gasteiger partial charge in [0.05, 0.1) is 0 Å². The van der Waals surface area contributed by atoms with Crippen LogP contribution in [0, 0.1) is 0 Å². The molecule has 1 aliphatic carbocycles. The van der Waals surface area contributed by atoms with Gasteiger partial charge in [0.1, 0.15) is 0 Å². The maximum atomic E-state index is 6.00. The van der Waals surface area contributed by atoms with Crippen molar-refractivity contribution in [1.82, 2.24) is 0 Å². The Labute approximate surface area is 90.1 Å². The number of alkyl halides is 1. The average Bonchev–Trinajstić information content (AvgIpc) is 2.53. The molecule has 0 unspecified atom stereocenters. The van der Waals surface area contributed by atoms with Crippen LogP contribution in [0.5, 0.6) is 0 Å². The zero-order valence-electron chi connectivity index (χ0n) is 7.19. The monoisotopic (exact) mass is 258 g/mol. The zero-order valence-corrected chi connectivity index (χ0v) is 9.66. The maximum absolute atomic E-state index is 6.00. The summed E-state index contributed by atoms with van der Waals surface area (Å²) in [7, 11) is 0. The van der Waals surface area contributed by atoms with E-state index >= 15 is 0 Å². The third-order valence-electron chi connectivity index (χ3n) is 2.02. The first-order valence-electron chi connectivity index (χ1n) is 4.39. The average molecular weight is 258 g/mol. The van der Waals surface area contributed by atoms with E-state index in [1.54, 1.807) is 0 Å². The molecule has 0 saturated heterocycles. The van der Waals surface area contributed by atoms with Crippen molar-refractivity contribution in [1.29, 1.82) is 0 Å². The topological polar surface area (TPSA) is 0 Å². The molecule has 0 aliphatic heterocycles. The van der Waals surface area contributed by atoms with Gasteiger partial charge in [0.15, 0.2) is 0 Å². The minimum absolute atomic E-state index is 0.274. The fourth-order valence-electron chi connectivity index (χ4n) is 1.38. The Morgan fingerprint density at radius 2 is 1.92 bits per heavy atom. The van der Waals surface area contributed by atoms with Gasteiger partial charge in [-0.2, -0.15) is 0 Å². The van der Waals surface area contributed by atoms with E-state index in [4.69, 9.17) is 11.6 Å². The third kappa shape index (κ3) is 2.60. The van der Waals surface area contributed by atoms with Gasteiger partial charge in [-0.3, -0.25) is 0 Å². The number of halogens is 1. The molecular formula is C11H11ClSe. The predicted octanol–water partition coefficient (Wildman–Crippen LogP) is 2.37. The van der Waals surface area contributed by atoms with E-state index in [1.165, 1.54) is 4.46 Å². The first-order chi connectivity index (χ1) is 6.34. The number of hydrogen-bond acceptors (Lipinski definition) is 0. The summed E-state index contributed by atoms with van der Waals surface area (Å²) >= 11 is 6.55. The Hall–Kier alpha value is -0.231. The molecule has 0 nitrogen and oxygen atoms in total. The van der Waals surface area contributed by atoms with E-state index in [9.17, 15) is 0 Å². The van der Waals surface area contributed by atoms with Gasteiger partial charge in [0.25, 0.3) is 0 Å². The van der Waals surface area contributed by atoms with Crippen molar-refractivity contribution in [2.75, 3.05) is 0 Å². The Bertz CT molecular complexity index is 294. The molecule has 13 heavy (non-hydrogen) atoms. The van der Waals surface area contributed by atoms with Crippen LogP contribution in [0.15, 0.2) is 42.5 Å². The second-order valence-electron chi connectivity index (χ2n) is 3.11. The van der Waals surface area contributed by atoms with Gasteiger partial charge in [-0.1, -0.05) is 0 Å². The van der Waals surface area contributed by atoms with Crippen LogP contribution in [0.1, 0.15) is 6.42 Å². The molecule has 2 atom stereocenters. The van der Waals surface area contributed by atoms with Crippen LogP contribution in [-0.2, 0) is 0 Å². The van der Waals surface area contributed by atoms with Crippen molar-refractivity contribution >= 4 is 31.0 Å². The second-order valence-corrected chi connectivity index (χ2v) is 6.42. The Kier molecular flexibility index (Phi) is 3.10. The Balaban J connectivity index is 1.96. The zero-order chi connectivity index (χ0) is 9.10. The molecule has 0 N–H and O–H groups in total. The first kappa shape index (κ1) is 9.33. The Morgan fingerprint density at radius 3 is 2.54 bits per heavy atom. The van der Waals surface area contributed by atoms with E-state index in [0.29, 0.717) is 19.8 Å². The quantitative estimate of drug-likeness (QED) is 0.434. The molecule has 2 rings (SSSR count). The fraction of sp³-hybridized carbons (Fsp3) is 0.273. The molecule has 0 bridgehead atoms. The van der Waals surface area contributed by atoms with Crippen LogP contribution in [-0.4, -0.2) is 20.3 Å². The molecule has 68 valence electrons. The molecule has 1 aromatic rings. The van der Waals surface area contributed by atoms with Crippen LogP contribution in [0.2, 0.25) is 4.82 Å². The van der Waals surface area contributed by atoms with Crippen molar-refractivity contribution in [2.45, 2.75) is 16.6 Å². The third-order valence-corrected chi connectivity index (χ3v) is 4.86. The molecular weight excluding hydrogens is 247 g/mol. The molecule has 0 aromatic heterocycles. The Morgan fingerprint density at radius 1 is 1.15 bits per heavy atom. The van der Waals surface area contributed by atoms with Crippen molar-refractivity contribution in [3.8, 4) is 0 Å². The molecule has 0 fully saturated rings. The molecule has 0 amide bonds. The van der Waals surface area contributed by atoms with Crippen LogP contribution in [0.4, 0.5) is 0 Å². The summed E-state index contributed by atoms with van der Waals surface area (Å²) in [5.74, 6) is 0. The van der Waals surface area contributed by atoms with Gasteiger partial charge in [-0.15, -0.1) is 0 Å².